The number of likely N-dealkylation sites (tertiary alicyclic amines) is 1. The number of nitriles is 1. The van der Waals surface area contributed by atoms with E-state index in [4.69, 9.17) is 0 Å². The van der Waals surface area contributed by atoms with Crippen LogP contribution in [0.25, 0.3) is 0 Å². The molecule has 0 saturated carbocycles. The molecule has 1 fully saturated rings. The third-order valence-corrected chi connectivity index (χ3v) is 4.05. The van der Waals surface area contributed by atoms with E-state index in [0.717, 1.165) is 18.7 Å². The van der Waals surface area contributed by atoms with Crippen molar-refractivity contribution < 1.29 is 0 Å². The minimum atomic E-state index is -0.0297. The summed E-state index contributed by atoms with van der Waals surface area (Å²) in [4.78, 5) is 4.73. The summed E-state index contributed by atoms with van der Waals surface area (Å²) in [6, 6.07) is 13.2. The Morgan fingerprint density at radius 3 is 2.74 bits per heavy atom. The van der Waals surface area contributed by atoms with Crippen molar-refractivity contribution in [3.05, 3.63) is 35.9 Å². The van der Waals surface area contributed by atoms with Gasteiger partial charge < -0.3 is 9.80 Å². The predicted octanol–water partition coefficient (Wildman–Crippen LogP) is 2.32. The summed E-state index contributed by atoms with van der Waals surface area (Å²) in [5, 5.41) is 9.35. The number of hydrogen-bond donors (Lipinski definition) is 0. The Bertz CT molecular complexity index is 423. The molecule has 1 saturated heterocycles. The lowest BCUT2D eigenvalue weighted by molar-refractivity contribution is 0.218. The molecule has 19 heavy (non-hydrogen) atoms. The van der Waals surface area contributed by atoms with Gasteiger partial charge in [-0.2, -0.15) is 5.26 Å². The average molecular weight is 257 g/mol. The lowest BCUT2D eigenvalue weighted by Crippen LogP contribution is -2.38. The second-order valence-electron chi connectivity index (χ2n) is 5.59. The molecular formula is C16H23N3. The highest BCUT2D eigenvalue weighted by Crippen LogP contribution is 2.19. The molecule has 1 aliphatic heterocycles. The predicted molar refractivity (Wildman–Crippen MR) is 77.9 cm³/mol. The molecule has 2 unspecified atom stereocenters. The van der Waals surface area contributed by atoms with Crippen molar-refractivity contribution in [3.8, 4) is 6.07 Å². The zero-order valence-corrected chi connectivity index (χ0v) is 11.9. The molecule has 3 heteroatoms. The van der Waals surface area contributed by atoms with E-state index in [2.05, 4.69) is 30.0 Å². The first-order valence-corrected chi connectivity index (χ1v) is 7.04. The molecule has 0 N–H and O–H groups in total. The van der Waals surface area contributed by atoms with E-state index in [9.17, 15) is 5.26 Å². The molecule has 0 spiro atoms. The maximum atomic E-state index is 9.35. The fraction of sp³-hybridized carbons (Fsp3) is 0.562. The molecule has 0 bridgehead atoms. The highest BCUT2D eigenvalue weighted by Gasteiger charge is 2.23. The van der Waals surface area contributed by atoms with Crippen LogP contribution in [0.5, 0.6) is 0 Å². The van der Waals surface area contributed by atoms with Gasteiger partial charge in [-0.05, 0) is 39.0 Å². The Balaban J connectivity index is 1.90. The Labute approximate surface area is 116 Å². The maximum absolute atomic E-state index is 9.35. The minimum absolute atomic E-state index is 0.0297. The molecule has 1 heterocycles. The van der Waals surface area contributed by atoms with Gasteiger partial charge in [-0.25, -0.2) is 0 Å². The Morgan fingerprint density at radius 2 is 2.16 bits per heavy atom. The summed E-state index contributed by atoms with van der Waals surface area (Å²) in [5.41, 5.74) is 1.12. The number of rotatable bonds is 5. The zero-order chi connectivity index (χ0) is 13.7. The molecule has 0 amide bonds. The van der Waals surface area contributed by atoms with Crippen LogP contribution in [-0.2, 0) is 0 Å². The lowest BCUT2D eigenvalue weighted by Gasteiger charge is -2.27. The average Bonchev–Trinajstić information content (AvgIpc) is 2.82. The van der Waals surface area contributed by atoms with E-state index in [1.165, 1.54) is 19.4 Å². The van der Waals surface area contributed by atoms with Gasteiger partial charge >= 0.3 is 0 Å². The van der Waals surface area contributed by atoms with E-state index >= 15 is 0 Å². The van der Waals surface area contributed by atoms with Crippen molar-refractivity contribution in [2.45, 2.75) is 24.8 Å². The van der Waals surface area contributed by atoms with Crippen LogP contribution in [0.2, 0.25) is 0 Å². The lowest BCUT2D eigenvalue weighted by atomic mass is 10.00. The fourth-order valence-corrected chi connectivity index (χ4v) is 2.86. The van der Waals surface area contributed by atoms with Crippen LogP contribution >= 0.6 is 0 Å². The van der Waals surface area contributed by atoms with E-state index in [1.54, 1.807) is 0 Å². The molecule has 0 aliphatic carbocycles. The van der Waals surface area contributed by atoms with Gasteiger partial charge in [0.05, 0.1) is 12.0 Å². The quantitative estimate of drug-likeness (QED) is 0.811. The molecule has 0 radical (unpaired) electrons. The first-order valence-electron chi connectivity index (χ1n) is 7.04. The van der Waals surface area contributed by atoms with Crippen molar-refractivity contribution in [3.63, 3.8) is 0 Å². The highest BCUT2D eigenvalue weighted by molar-refractivity contribution is 5.25. The van der Waals surface area contributed by atoms with Gasteiger partial charge in [0.1, 0.15) is 0 Å². The molecule has 1 aromatic rings. The summed E-state index contributed by atoms with van der Waals surface area (Å²) < 4.78 is 0. The smallest absolute Gasteiger partial charge is 0.0839 e. The fourth-order valence-electron chi connectivity index (χ4n) is 2.86. The van der Waals surface area contributed by atoms with Gasteiger partial charge in [-0.15, -0.1) is 0 Å². The van der Waals surface area contributed by atoms with Crippen molar-refractivity contribution >= 4 is 0 Å². The third-order valence-electron chi connectivity index (χ3n) is 4.05. The van der Waals surface area contributed by atoms with Crippen molar-refractivity contribution in [1.82, 2.24) is 9.80 Å². The molecule has 3 nitrogen and oxygen atoms in total. The SMILES string of the molecule is CN(CC(C#N)c1ccccc1)CC1CCCN1C. The van der Waals surface area contributed by atoms with E-state index in [0.29, 0.717) is 6.04 Å². The van der Waals surface area contributed by atoms with Gasteiger partial charge in [0.15, 0.2) is 0 Å². The van der Waals surface area contributed by atoms with Crippen LogP contribution in [0.3, 0.4) is 0 Å². The summed E-state index contributed by atoms with van der Waals surface area (Å²) in [6.45, 7) is 3.07. The van der Waals surface area contributed by atoms with E-state index in [1.807, 2.05) is 30.3 Å². The molecule has 102 valence electrons. The third kappa shape index (κ3) is 3.79. The number of hydrogen-bond acceptors (Lipinski definition) is 3. The van der Waals surface area contributed by atoms with Gasteiger partial charge in [0, 0.05) is 19.1 Å². The number of benzene rings is 1. The van der Waals surface area contributed by atoms with E-state index in [-0.39, 0.29) is 5.92 Å². The molecule has 2 rings (SSSR count). The molecule has 2 atom stereocenters. The van der Waals surface area contributed by atoms with Gasteiger partial charge in [0.25, 0.3) is 0 Å². The highest BCUT2D eigenvalue weighted by atomic mass is 15.2. The van der Waals surface area contributed by atoms with Crippen LogP contribution in [0.4, 0.5) is 0 Å². The van der Waals surface area contributed by atoms with E-state index < -0.39 is 0 Å². The second-order valence-corrected chi connectivity index (χ2v) is 5.59. The summed E-state index contributed by atoms with van der Waals surface area (Å²) in [6.07, 6.45) is 2.58. The summed E-state index contributed by atoms with van der Waals surface area (Å²) in [7, 11) is 4.32. The molecule has 0 aromatic heterocycles. The van der Waals surface area contributed by atoms with Crippen molar-refractivity contribution in [2.24, 2.45) is 0 Å². The largest absolute Gasteiger partial charge is 0.303 e. The van der Waals surface area contributed by atoms with Crippen LogP contribution in [0.15, 0.2) is 30.3 Å². The van der Waals surface area contributed by atoms with Gasteiger partial charge in [-0.3, -0.25) is 0 Å². The van der Waals surface area contributed by atoms with Crippen LogP contribution < -0.4 is 0 Å². The summed E-state index contributed by atoms with van der Waals surface area (Å²) in [5.74, 6) is -0.0297. The maximum Gasteiger partial charge on any atom is 0.0839 e. The minimum Gasteiger partial charge on any atom is -0.303 e. The zero-order valence-electron chi connectivity index (χ0n) is 11.9. The second kappa shape index (κ2) is 6.70. The number of likely N-dealkylation sites (N-methyl/N-ethyl adjacent to an activating group) is 2. The normalized spacial score (nSPS) is 21.5. The first kappa shape index (κ1) is 14.0. The Kier molecular flexibility index (Phi) is 4.95. The van der Waals surface area contributed by atoms with Crippen LogP contribution in [-0.4, -0.2) is 49.6 Å². The standard InChI is InChI=1S/C16H23N3/c1-18(13-16-9-6-10-19(16)2)12-15(11-17)14-7-4-3-5-8-14/h3-5,7-8,15-16H,6,9-10,12-13H2,1-2H3. The molecule has 1 aromatic carbocycles. The van der Waals surface area contributed by atoms with Crippen LogP contribution in [0, 0.1) is 11.3 Å². The molecule has 1 aliphatic rings. The number of nitrogens with zero attached hydrogens (tertiary/aromatic N) is 3. The van der Waals surface area contributed by atoms with Crippen molar-refractivity contribution in [2.75, 3.05) is 33.7 Å². The van der Waals surface area contributed by atoms with Crippen LogP contribution in [0.1, 0.15) is 24.3 Å². The Hall–Kier alpha value is -1.37. The topological polar surface area (TPSA) is 30.3 Å². The van der Waals surface area contributed by atoms with Crippen molar-refractivity contribution in [1.29, 1.82) is 5.26 Å². The monoisotopic (exact) mass is 257 g/mol. The first-order chi connectivity index (χ1) is 9.20. The molecular weight excluding hydrogens is 234 g/mol. The van der Waals surface area contributed by atoms with Gasteiger partial charge in [-0.1, -0.05) is 30.3 Å². The Morgan fingerprint density at radius 1 is 1.42 bits per heavy atom. The van der Waals surface area contributed by atoms with Gasteiger partial charge in [0.2, 0.25) is 0 Å². The summed E-state index contributed by atoms with van der Waals surface area (Å²) >= 11 is 0.